The summed E-state index contributed by atoms with van der Waals surface area (Å²) in [5, 5.41) is 18.2. The van der Waals surface area contributed by atoms with Crippen LogP contribution in [0.25, 0.3) is 0 Å². The third-order valence-electron chi connectivity index (χ3n) is 2.69. The Morgan fingerprint density at radius 1 is 1.44 bits per heavy atom. The molecule has 0 unspecified atom stereocenters. The third-order valence-corrected chi connectivity index (χ3v) is 2.69. The molecule has 1 aliphatic heterocycles. The van der Waals surface area contributed by atoms with E-state index in [0.29, 0.717) is 17.8 Å². The maximum Gasteiger partial charge on any atom is 0.488 e. The smallest absolute Gasteiger partial charge is 0.488 e. The third kappa shape index (κ3) is 2.55. The summed E-state index contributed by atoms with van der Waals surface area (Å²) in [5.74, 6) is 0.695. The van der Waals surface area contributed by atoms with Gasteiger partial charge in [0.2, 0.25) is 0 Å². The predicted molar refractivity (Wildman–Crippen MR) is 60.9 cm³/mol. The first-order valence-corrected chi connectivity index (χ1v) is 5.38. The molecule has 0 aliphatic carbocycles. The van der Waals surface area contributed by atoms with Crippen LogP contribution in [0.3, 0.4) is 0 Å². The molecule has 1 aromatic rings. The van der Waals surface area contributed by atoms with Crippen molar-refractivity contribution < 1.29 is 19.5 Å². The van der Waals surface area contributed by atoms with Crippen LogP contribution >= 0.6 is 0 Å². The van der Waals surface area contributed by atoms with Gasteiger partial charge in [-0.1, -0.05) is 12.1 Å². The fourth-order valence-electron chi connectivity index (χ4n) is 1.69. The van der Waals surface area contributed by atoms with E-state index in [1.54, 1.807) is 12.1 Å². The van der Waals surface area contributed by atoms with Gasteiger partial charge in [-0.2, -0.15) is 0 Å². The fourth-order valence-corrected chi connectivity index (χ4v) is 1.69. The highest BCUT2D eigenvalue weighted by Gasteiger charge is 2.19. The van der Waals surface area contributed by atoms with Crippen LogP contribution in [-0.4, -0.2) is 36.5 Å². The zero-order chi connectivity index (χ0) is 11.5. The summed E-state index contributed by atoms with van der Waals surface area (Å²) in [6.07, 6.45) is 0.954. The van der Waals surface area contributed by atoms with Crippen molar-refractivity contribution in [2.45, 2.75) is 19.4 Å². The predicted octanol–water partition coefficient (Wildman–Crippen LogP) is -0.157. The lowest BCUT2D eigenvalue weighted by molar-refractivity contribution is 0.141. The van der Waals surface area contributed by atoms with Crippen molar-refractivity contribution in [2.75, 3.05) is 13.2 Å². The number of aryl methyl sites for hydroxylation is 1. The van der Waals surface area contributed by atoms with Crippen LogP contribution in [0.5, 0.6) is 5.75 Å². The Morgan fingerprint density at radius 2 is 2.25 bits per heavy atom. The highest BCUT2D eigenvalue weighted by atomic mass is 16.5. The van der Waals surface area contributed by atoms with E-state index in [4.69, 9.17) is 19.5 Å². The van der Waals surface area contributed by atoms with Crippen LogP contribution in [0.2, 0.25) is 0 Å². The van der Waals surface area contributed by atoms with E-state index in [1.165, 1.54) is 0 Å². The lowest BCUT2D eigenvalue weighted by Crippen LogP contribution is -2.30. The highest BCUT2D eigenvalue weighted by Crippen LogP contribution is 2.20. The maximum absolute atomic E-state index is 9.08. The standard InChI is InChI=1S/C11H15BO4/c1-8-2-3-9(12(13)14)6-11(8)16-10-4-5-15-7-10/h2-3,6,10,13-14H,4-5,7H2,1H3/t10-/m1/s1. The molecule has 2 N–H and O–H groups in total. The summed E-state index contributed by atoms with van der Waals surface area (Å²) >= 11 is 0. The molecule has 4 nitrogen and oxygen atoms in total. The average molecular weight is 222 g/mol. The molecule has 16 heavy (non-hydrogen) atoms. The molecular formula is C11H15BO4. The van der Waals surface area contributed by atoms with E-state index < -0.39 is 7.12 Å². The second kappa shape index (κ2) is 4.87. The van der Waals surface area contributed by atoms with Gasteiger partial charge in [0, 0.05) is 6.42 Å². The summed E-state index contributed by atoms with van der Waals surface area (Å²) in [7, 11) is -1.46. The average Bonchev–Trinajstić information content (AvgIpc) is 2.73. The van der Waals surface area contributed by atoms with Crippen LogP contribution < -0.4 is 10.2 Å². The minimum atomic E-state index is -1.46. The topological polar surface area (TPSA) is 58.9 Å². The van der Waals surface area contributed by atoms with Gasteiger partial charge in [-0.25, -0.2) is 0 Å². The molecule has 0 saturated carbocycles. The monoisotopic (exact) mass is 222 g/mol. The normalized spacial score (nSPS) is 19.8. The van der Waals surface area contributed by atoms with Gasteiger partial charge < -0.3 is 19.5 Å². The van der Waals surface area contributed by atoms with Gasteiger partial charge >= 0.3 is 7.12 Å². The van der Waals surface area contributed by atoms with E-state index in [1.807, 2.05) is 13.0 Å². The maximum atomic E-state index is 9.08. The first-order chi connectivity index (χ1) is 7.66. The summed E-state index contributed by atoms with van der Waals surface area (Å²) in [4.78, 5) is 0. The molecule has 0 spiro atoms. The van der Waals surface area contributed by atoms with Gasteiger partial charge in [0.15, 0.2) is 0 Å². The Labute approximate surface area is 95.0 Å². The summed E-state index contributed by atoms with van der Waals surface area (Å²) in [6, 6.07) is 5.16. The number of ether oxygens (including phenoxy) is 2. The van der Waals surface area contributed by atoms with Crippen molar-refractivity contribution in [1.82, 2.24) is 0 Å². The molecular weight excluding hydrogens is 207 g/mol. The first-order valence-electron chi connectivity index (χ1n) is 5.38. The van der Waals surface area contributed by atoms with Crippen LogP contribution in [0.4, 0.5) is 0 Å². The molecule has 86 valence electrons. The van der Waals surface area contributed by atoms with Crippen molar-refractivity contribution in [3.8, 4) is 5.75 Å². The Kier molecular flexibility index (Phi) is 3.48. The van der Waals surface area contributed by atoms with Crippen LogP contribution in [-0.2, 0) is 4.74 Å². The van der Waals surface area contributed by atoms with Gasteiger partial charge in [0.25, 0.3) is 0 Å². The summed E-state index contributed by atoms with van der Waals surface area (Å²) < 4.78 is 11.0. The number of benzene rings is 1. The molecule has 1 fully saturated rings. The lowest BCUT2D eigenvalue weighted by Gasteiger charge is -2.15. The Morgan fingerprint density at radius 3 is 2.88 bits per heavy atom. The molecule has 0 amide bonds. The summed E-state index contributed by atoms with van der Waals surface area (Å²) in [5.41, 5.74) is 1.43. The second-order valence-electron chi connectivity index (χ2n) is 4.00. The Bertz CT molecular complexity index is 361. The van der Waals surface area contributed by atoms with E-state index >= 15 is 0 Å². The zero-order valence-corrected chi connectivity index (χ0v) is 9.22. The Balaban J connectivity index is 2.14. The molecule has 2 rings (SSSR count). The van der Waals surface area contributed by atoms with E-state index in [2.05, 4.69) is 0 Å². The molecule has 1 aromatic carbocycles. The van der Waals surface area contributed by atoms with Gasteiger partial charge in [-0.05, 0) is 24.0 Å². The van der Waals surface area contributed by atoms with Gasteiger partial charge in [0.05, 0.1) is 13.2 Å². The van der Waals surface area contributed by atoms with Crippen molar-refractivity contribution in [3.63, 3.8) is 0 Å². The molecule has 0 bridgehead atoms. The number of hydrogen-bond acceptors (Lipinski definition) is 4. The lowest BCUT2D eigenvalue weighted by atomic mass is 9.80. The van der Waals surface area contributed by atoms with Gasteiger partial charge in [-0.3, -0.25) is 0 Å². The van der Waals surface area contributed by atoms with Gasteiger partial charge in [0.1, 0.15) is 11.9 Å². The van der Waals surface area contributed by atoms with Crippen LogP contribution in [0.1, 0.15) is 12.0 Å². The molecule has 1 heterocycles. The minimum Gasteiger partial charge on any atom is -0.488 e. The van der Waals surface area contributed by atoms with E-state index in [9.17, 15) is 0 Å². The summed E-state index contributed by atoms with van der Waals surface area (Å²) in [6.45, 7) is 3.26. The Hall–Kier alpha value is -1.04. The van der Waals surface area contributed by atoms with E-state index in [0.717, 1.165) is 18.6 Å². The minimum absolute atomic E-state index is 0.0739. The molecule has 0 radical (unpaired) electrons. The highest BCUT2D eigenvalue weighted by molar-refractivity contribution is 6.58. The van der Waals surface area contributed by atoms with Crippen molar-refractivity contribution in [3.05, 3.63) is 23.8 Å². The van der Waals surface area contributed by atoms with Crippen LogP contribution in [0.15, 0.2) is 18.2 Å². The number of rotatable bonds is 3. The fraction of sp³-hybridized carbons (Fsp3) is 0.455. The van der Waals surface area contributed by atoms with Crippen molar-refractivity contribution in [1.29, 1.82) is 0 Å². The molecule has 5 heteroatoms. The molecule has 1 aliphatic rings. The SMILES string of the molecule is Cc1ccc(B(O)O)cc1O[C@@H]1CCOC1. The van der Waals surface area contributed by atoms with Crippen molar-refractivity contribution in [2.24, 2.45) is 0 Å². The zero-order valence-electron chi connectivity index (χ0n) is 9.22. The van der Waals surface area contributed by atoms with E-state index in [-0.39, 0.29) is 6.10 Å². The largest absolute Gasteiger partial charge is 0.488 e. The molecule has 1 atom stereocenters. The van der Waals surface area contributed by atoms with Crippen LogP contribution in [0, 0.1) is 6.92 Å². The first kappa shape index (κ1) is 11.5. The quantitative estimate of drug-likeness (QED) is 0.698. The number of hydrogen-bond donors (Lipinski definition) is 2. The molecule has 0 aromatic heterocycles. The molecule has 1 saturated heterocycles. The van der Waals surface area contributed by atoms with Gasteiger partial charge in [-0.15, -0.1) is 0 Å². The second-order valence-corrected chi connectivity index (χ2v) is 4.00. The van der Waals surface area contributed by atoms with Crippen molar-refractivity contribution >= 4 is 12.6 Å².